The van der Waals surface area contributed by atoms with E-state index >= 15 is 0 Å². The minimum atomic E-state index is -0.128. The molecular weight excluding hydrogens is 396 g/mol. The molecule has 0 spiro atoms. The highest BCUT2D eigenvalue weighted by molar-refractivity contribution is 7.99. The standard InChI is InChI=1S/C23H20N4O2S/c28-21(25-14-17-7-2-1-3-8-17)16-30-23-26-20-11-5-4-10-19(20)22(29)27(23)15-18-9-6-12-24-13-18/h1-13H,14-16H2,(H,25,28). The fraction of sp³-hybridized carbons (Fsp3) is 0.130. The van der Waals surface area contributed by atoms with E-state index in [1.54, 1.807) is 23.0 Å². The lowest BCUT2D eigenvalue weighted by molar-refractivity contribution is -0.118. The van der Waals surface area contributed by atoms with Gasteiger partial charge in [-0.2, -0.15) is 0 Å². The third-order valence-corrected chi connectivity index (χ3v) is 5.53. The second-order valence-electron chi connectivity index (χ2n) is 6.72. The number of hydrogen-bond acceptors (Lipinski definition) is 5. The maximum absolute atomic E-state index is 13.1. The maximum atomic E-state index is 13.1. The molecule has 1 N–H and O–H groups in total. The average molecular weight is 417 g/mol. The minimum Gasteiger partial charge on any atom is -0.351 e. The van der Waals surface area contributed by atoms with E-state index in [4.69, 9.17) is 0 Å². The Hall–Kier alpha value is -3.45. The smallest absolute Gasteiger partial charge is 0.262 e. The molecule has 0 aliphatic heterocycles. The number of carbonyl (C=O) groups is 1. The Labute approximate surface area is 178 Å². The highest BCUT2D eigenvalue weighted by Gasteiger charge is 2.14. The molecule has 7 heteroatoms. The molecule has 0 aliphatic rings. The first-order chi connectivity index (χ1) is 14.7. The first kappa shape index (κ1) is 19.8. The summed E-state index contributed by atoms with van der Waals surface area (Å²) < 4.78 is 1.61. The number of pyridine rings is 1. The lowest BCUT2D eigenvalue weighted by Gasteiger charge is -2.13. The summed E-state index contributed by atoms with van der Waals surface area (Å²) >= 11 is 1.26. The normalized spacial score (nSPS) is 10.8. The van der Waals surface area contributed by atoms with Crippen molar-refractivity contribution in [2.75, 3.05) is 5.75 Å². The van der Waals surface area contributed by atoms with Gasteiger partial charge in [-0.15, -0.1) is 0 Å². The Balaban J connectivity index is 1.55. The topological polar surface area (TPSA) is 76.9 Å². The number of rotatable bonds is 7. The van der Waals surface area contributed by atoms with Crippen molar-refractivity contribution in [2.24, 2.45) is 0 Å². The molecular formula is C23H20N4O2S. The second kappa shape index (κ2) is 9.37. The van der Waals surface area contributed by atoms with E-state index in [0.717, 1.165) is 11.1 Å². The zero-order valence-corrected chi connectivity index (χ0v) is 17.0. The molecule has 0 unspecified atom stereocenters. The van der Waals surface area contributed by atoms with Crippen LogP contribution in [0.25, 0.3) is 10.9 Å². The van der Waals surface area contributed by atoms with Gasteiger partial charge >= 0.3 is 0 Å². The monoisotopic (exact) mass is 416 g/mol. The van der Waals surface area contributed by atoms with Gasteiger partial charge in [0.15, 0.2) is 5.16 Å². The first-order valence-corrected chi connectivity index (χ1v) is 10.5. The van der Waals surface area contributed by atoms with E-state index in [0.29, 0.717) is 29.1 Å². The van der Waals surface area contributed by atoms with E-state index in [-0.39, 0.29) is 17.2 Å². The SMILES string of the molecule is O=C(CSc1nc2ccccc2c(=O)n1Cc1cccnc1)NCc1ccccc1. The quantitative estimate of drug-likeness (QED) is 0.370. The van der Waals surface area contributed by atoms with Crippen molar-refractivity contribution >= 4 is 28.6 Å². The highest BCUT2D eigenvalue weighted by atomic mass is 32.2. The van der Waals surface area contributed by atoms with Crippen LogP contribution in [0.2, 0.25) is 0 Å². The Bertz CT molecular complexity index is 1210. The van der Waals surface area contributed by atoms with Gasteiger partial charge in [-0.1, -0.05) is 60.3 Å². The van der Waals surface area contributed by atoms with Crippen LogP contribution in [0.15, 0.2) is 89.1 Å². The molecule has 0 fully saturated rings. The van der Waals surface area contributed by atoms with Crippen molar-refractivity contribution in [1.29, 1.82) is 0 Å². The first-order valence-electron chi connectivity index (χ1n) is 9.52. The van der Waals surface area contributed by atoms with Crippen LogP contribution < -0.4 is 10.9 Å². The molecule has 0 radical (unpaired) electrons. The summed E-state index contributed by atoms with van der Waals surface area (Å²) in [5, 5.41) is 3.97. The van der Waals surface area contributed by atoms with Crippen LogP contribution in [0.5, 0.6) is 0 Å². The van der Waals surface area contributed by atoms with Gasteiger partial charge < -0.3 is 5.32 Å². The van der Waals surface area contributed by atoms with Crippen LogP contribution in [0.1, 0.15) is 11.1 Å². The number of amides is 1. The number of thioether (sulfide) groups is 1. The Morgan fingerprint density at radius 3 is 2.53 bits per heavy atom. The number of nitrogens with one attached hydrogen (secondary N) is 1. The number of fused-ring (bicyclic) bond motifs is 1. The van der Waals surface area contributed by atoms with Gasteiger partial charge in [-0.25, -0.2) is 4.98 Å². The second-order valence-corrected chi connectivity index (χ2v) is 7.66. The predicted octanol–water partition coefficient (Wildman–Crippen LogP) is 3.25. The number of para-hydroxylation sites is 1. The Morgan fingerprint density at radius 2 is 1.73 bits per heavy atom. The van der Waals surface area contributed by atoms with Crippen LogP contribution in [0, 0.1) is 0 Å². The third-order valence-electron chi connectivity index (χ3n) is 4.55. The van der Waals surface area contributed by atoms with Crippen LogP contribution in [-0.4, -0.2) is 26.2 Å². The zero-order chi connectivity index (χ0) is 20.8. The van der Waals surface area contributed by atoms with Gasteiger partial charge in [-0.05, 0) is 29.3 Å². The van der Waals surface area contributed by atoms with Gasteiger partial charge in [0.1, 0.15) is 0 Å². The number of nitrogens with zero attached hydrogens (tertiary/aromatic N) is 3. The molecule has 0 aliphatic carbocycles. The summed E-state index contributed by atoms with van der Waals surface area (Å²) in [5.41, 5.74) is 2.43. The predicted molar refractivity (Wildman–Crippen MR) is 118 cm³/mol. The van der Waals surface area contributed by atoms with E-state index in [1.165, 1.54) is 11.8 Å². The van der Waals surface area contributed by atoms with Crippen molar-refractivity contribution in [3.8, 4) is 0 Å². The molecule has 2 heterocycles. The van der Waals surface area contributed by atoms with Gasteiger partial charge in [0.2, 0.25) is 5.91 Å². The van der Waals surface area contributed by atoms with Gasteiger partial charge in [0.05, 0.1) is 23.2 Å². The number of benzene rings is 2. The molecule has 2 aromatic carbocycles. The molecule has 1 amide bonds. The fourth-order valence-corrected chi connectivity index (χ4v) is 3.88. The van der Waals surface area contributed by atoms with Crippen molar-refractivity contribution < 1.29 is 4.79 Å². The summed E-state index contributed by atoms with van der Waals surface area (Å²) in [6.07, 6.45) is 3.42. The van der Waals surface area contributed by atoms with Crippen LogP contribution in [0.4, 0.5) is 0 Å². The minimum absolute atomic E-state index is 0.112. The van der Waals surface area contributed by atoms with E-state index in [9.17, 15) is 9.59 Å². The van der Waals surface area contributed by atoms with Crippen molar-refractivity contribution in [3.63, 3.8) is 0 Å². The molecule has 0 saturated carbocycles. The van der Waals surface area contributed by atoms with E-state index in [2.05, 4.69) is 15.3 Å². The van der Waals surface area contributed by atoms with Crippen LogP contribution in [0.3, 0.4) is 0 Å². The third kappa shape index (κ3) is 4.75. The zero-order valence-electron chi connectivity index (χ0n) is 16.2. The van der Waals surface area contributed by atoms with Gasteiger partial charge in [0.25, 0.3) is 5.56 Å². The Morgan fingerprint density at radius 1 is 0.967 bits per heavy atom. The molecule has 0 saturated heterocycles. The highest BCUT2D eigenvalue weighted by Crippen LogP contribution is 2.18. The molecule has 150 valence electrons. The van der Waals surface area contributed by atoms with Crippen molar-refractivity contribution in [2.45, 2.75) is 18.2 Å². The molecule has 0 bridgehead atoms. The molecule has 4 aromatic rings. The molecule has 0 atom stereocenters. The van der Waals surface area contributed by atoms with E-state index < -0.39 is 0 Å². The van der Waals surface area contributed by atoms with Crippen LogP contribution in [-0.2, 0) is 17.9 Å². The summed E-state index contributed by atoms with van der Waals surface area (Å²) in [7, 11) is 0. The van der Waals surface area contributed by atoms with E-state index in [1.807, 2.05) is 60.7 Å². The average Bonchev–Trinajstić information content (AvgIpc) is 2.80. The lowest BCUT2D eigenvalue weighted by Crippen LogP contribution is -2.27. The molecule has 4 rings (SSSR count). The molecule has 2 aromatic heterocycles. The summed E-state index contributed by atoms with van der Waals surface area (Å²) in [4.78, 5) is 34.2. The number of aromatic nitrogens is 3. The van der Waals surface area contributed by atoms with Crippen molar-refractivity contribution in [3.05, 3.63) is 101 Å². The number of hydrogen-bond donors (Lipinski definition) is 1. The van der Waals surface area contributed by atoms with Crippen LogP contribution >= 0.6 is 11.8 Å². The summed E-state index contributed by atoms with van der Waals surface area (Å²) in [6, 6.07) is 20.7. The maximum Gasteiger partial charge on any atom is 0.262 e. The summed E-state index contributed by atoms with van der Waals surface area (Å²) in [6.45, 7) is 0.812. The Kier molecular flexibility index (Phi) is 6.20. The number of carbonyl (C=O) groups excluding carboxylic acids is 1. The van der Waals surface area contributed by atoms with Crippen molar-refractivity contribution in [1.82, 2.24) is 19.9 Å². The largest absolute Gasteiger partial charge is 0.351 e. The van der Waals surface area contributed by atoms with Gasteiger partial charge in [-0.3, -0.25) is 19.1 Å². The summed E-state index contributed by atoms with van der Waals surface area (Å²) in [5.74, 6) is 0.0594. The van der Waals surface area contributed by atoms with Gasteiger partial charge in [0, 0.05) is 18.9 Å². The molecule has 6 nitrogen and oxygen atoms in total. The lowest BCUT2D eigenvalue weighted by atomic mass is 10.2. The fourth-order valence-electron chi connectivity index (χ4n) is 3.05. The molecule has 30 heavy (non-hydrogen) atoms.